The molecule has 2 heterocycles. The second kappa shape index (κ2) is 9.69. The molecule has 46 heavy (non-hydrogen) atoms. The van der Waals surface area contributed by atoms with Gasteiger partial charge in [0.05, 0.1) is 11.0 Å². The number of hydrogen-bond acceptors (Lipinski definition) is 1. The first kappa shape index (κ1) is 25.2. The summed E-state index contributed by atoms with van der Waals surface area (Å²) in [5.41, 5.74) is 10.8. The molecule has 0 aliphatic carbocycles. The van der Waals surface area contributed by atoms with Gasteiger partial charge in [-0.2, -0.15) is 0 Å². The van der Waals surface area contributed by atoms with Crippen molar-refractivity contribution >= 4 is 43.4 Å². The van der Waals surface area contributed by atoms with E-state index >= 15 is 0 Å². The molecule has 0 N–H and O–H groups in total. The Morgan fingerprint density at radius 3 is 1.87 bits per heavy atom. The normalized spacial score (nSPS) is 12.1. The van der Waals surface area contributed by atoms with Crippen LogP contribution in [0.2, 0.25) is 0 Å². The Hall–Kier alpha value is -6.12. The standard InChI is InChI=1S/C44H27NO/c1-2-10-35-31(7-1)21-25-38-36-11-3-4-13-40(36)45(44(35)38)34-23-19-29(20-24-34)28-15-17-30(18-16-28)33-22-26-41-39(27-33)37-12-5-8-32-9-6-14-42(46-41)43(32)37/h1-27H. The van der Waals surface area contributed by atoms with Crippen LogP contribution in [-0.2, 0) is 0 Å². The summed E-state index contributed by atoms with van der Waals surface area (Å²) in [4.78, 5) is 0. The van der Waals surface area contributed by atoms with Crippen LogP contribution in [0.1, 0.15) is 0 Å². The van der Waals surface area contributed by atoms with Gasteiger partial charge in [-0.15, -0.1) is 0 Å². The lowest BCUT2D eigenvalue weighted by atomic mass is 9.92. The van der Waals surface area contributed by atoms with Gasteiger partial charge in [-0.25, -0.2) is 0 Å². The van der Waals surface area contributed by atoms with Crippen molar-refractivity contribution in [2.45, 2.75) is 0 Å². The van der Waals surface area contributed by atoms with Gasteiger partial charge in [0, 0.05) is 32.8 Å². The highest BCUT2D eigenvalue weighted by Gasteiger charge is 2.20. The molecule has 0 fully saturated rings. The summed E-state index contributed by atoms with van der Waals surface area (Å²) >= 11 is 0. The molecule has 2 nitrogen and oxygen atoms in total. The number of ether oxygens (including phenoxy) is 1. The lowest BCUT2D eigenvalue weighted by molar-refractivity contribution is 0.487. The molecule has 8 aromatic carbocycles. The fourth-order valence-electron chi connectivity index (χ4n) is 7.40. The van der Waals surface area contributed by atoms with Gasteiger partial charge >= 0.3 is 0 Å². The smallest absolute Gasteiger partial charge is 0.135 e. The van der Waals surface area contributed by atoms with Gasteiger partial charge in [-0.1, -0.05) is 127 Å². The van der Waals surface area contributed by atoms with E-state index in [0.717, 1.165) is 22.7 Å². The number of aromatic nitrogens is 1. The molecule has 0 atom stereocenters. The molecule has 10 rings (SSSR count). The van der Waals surface area contributed by atoms with Gasteiger partial charge in [0.15, 0.2) is 0 Å². The molecule has 0 spiro atoms. The molecule has 0 bridgehead atoms. The number of para-hydroxylation sites is 1. The molecule has 0 saturated carbocycles. The summed E-state index contributed by atoms with van der Waals surface area (Å²) in [6, 6.07) is 59.0. The Labute approximate surface area is 266 Å². The molecule has 1 aliphatic rings. The Balaban J connectivity index is 1.02. The molecule has 0 saturated heterocycles. The van der Waals surface area contributed by atoms with E-state index < -0.39 is 0 Å². The molecule has 0 unspecified atom stereocenters. The zero-order valence-corrected chi connectivity index (χ0v) is 24.9. The minimum Gasteiger partial charge on any atom is -0.456 e. The maximum Gasteiger partial charge on any atom is 0.135 e. The molecule has 0 amide bonds. The first-order valence-corrected chi connectivity index (χ1v) is 15.8. The average Bonchev–Trinajstić information content (AvgIpc) is 3.47. The van der Waals surface area contributed by atoms with Gasteiger partial charge in [0.2, 0.25) is 0 Å². The Morgan fingerprint density at radius 1 is 0.391 bits per heavy atom. The van der Waals surface area contributed by atoms with Gasteiger partial charge in [0.1, 0.15) is 11.5 Å². The monoisotopic (exact) mass is 585 g/mol. The summed E-state index contributed by atoms with van der Waals surface area (Å²) in [5, 5.41) is 7.46. The zero-order chi connectivity index (χ0) is 30.2. The molecular formula is C44H27NO. The van der Waals surface area contributed by atoms with Crippen LogP contribution in [0.15, 0.2) is 164 Å². The molecule has 2 heteroatoms. The third kappa shape index (κ3) is 3.71. The van der Waals surface area contributed by atoms with Crippen LogP contribution in [0, 0.1) is 0 Å². The van der Waals surface area contributed by atoms with Crippen LogP contribution in [0.4, 0.5) is 0 Å². The quantitative estimate of drug-likeness (QED) is 0.201. The SMILES string of the molecule is c1cc2c3c(cccc3c1)-c1cc(-c3ccc(-c4ccc(-n5c6ccccc6c6ccc7ccccc7c65)cc4)cc3)ccc1O2. The van der Waals surface area contributed by atoms with Gasteiger partial charge in [-0.05, 0) is 75.0 Å². The van der Waals surface area contributed by atoms with Crippen molar-refractivity contribution < 1.29 is 4.74 Å². The van der Waals surface area contributed by atoms with E-state index in [2.05, 4.69) is 168 Å². The highest BCUT2D eigenvalue weighted by Crippen LogP contribution is 2.47. The second-order valence-electron chi connectivity index (χ2n) is 12.1. The highest BCUT2D eigenvalue weighted by atomic mass is 16.5. The van der Waals surface area contributed by atoms with Crippen molar-refractivity contribution in [3.05, 3.63) is 164 Å². The van der Waals surface area contributed by atoms with Crippen LogP contribution >= 0.6 is 0 Å². The Bertz CT molecular complexity index is 2640. The lowest BCUT2D eigenvalue weighted by Gasteiger charge is -2.22. The Morgan fingerprint density at radius 2 is 1.04 bits per heavy atom. The fourth-order valence-corrected chi connectivity index (χ4v) is 7.40. The summed E-state index contributed by atoms with van der Waals surface area (Å²) in [7, 11) is 0. The topological polar surface area (TPSA) is 14.2 Å². The second-order valence-corrected chi connectivity index (χ2v) is 12.1. The van der Waals surface area contributed by atoms with E-state index in [-0.39, 0.29) is 0 Å². The van der Waals surface area contributed by atoms with Gasteiger partial charge in [0.25, 0.3) is 0 Å². The summed E-state index contributed by atoms with van der Waals surface area (Å²) in [5.74, 6) is 1.83. The van der Waals surface area contributed by atoms with E-state index in [9.17, 15) is 0 Å². The number of rotatable bonds is 3. The van der Waals surface area contributed by atoms with Gasteiger partial charge < -0.3 is 9.30 Å². The van der Waals surface area contributed by atoms with Crippen LogP contribution < -0.4 is 4.74 Å². The number of hydrogen-bond donors (Lipinski definition) is 0. The van der Waals surface area contributed by atoms with Crippen LogP contribution in [0.25, 0.3) is 82.4 Å². The predicted octanol–water partition coefficient (Wildman–Crippen LogP) is 12.2. The lowest BCUT2D eigenvalue weighted by Crippen LogP contribution is -1.97. The van der Waals surface area contributed by atoms with Gasteiger partial charge in [-0.3, -0.25) is 0 Å². The number of nitrogens with zero attached hydrogens (tertiary/aromatic N) is 1. The van der Waals surface area contributed by atoms with Crippen LogP contribution in [0.5, 0.6) is 11.5 Å². The van der Waals surface area contributed by atoms with Crippen LogP contribution in [-0.4, -0.2) is 4.57 Å². The number of benzene rings is 8. The molecular weight excluding hydrogens is 558 g/mol. The maximum absolute atomic E-state index is 6.32. The van der Waals surface area contributed by atoms with E-state index in [0.29, 0.717) is 0 Å². The molecule has 0 radical (unpaired) electrons. The molecule has 9 aromatic rings. The third-order valence-corrected chi connectivity index (χ3v) is 9.59. The van der Waals surface area contributed by atoms with Crippen molar-refractivity contribution in [1.29, 1.82) is 0 Å². The molecule has 214 valence electrons. The third-order valence-electron chi connectivity index (χ3n) is 9.59. The maximum atomic E-state index is 6.32. The number of fused-ring (bicyclic) bond motifs is 7. The van der Waals surface area contributed by atoms with Crippen molar-refractivity contribution in [2.75, 3.05) is 0 Å². The average molecular weight is 586 g/mol. The first-order chi connectivity index (χ1) is 22.8. The van der Waals surface area contributed by atoms with Crippen molar-refractivity contribution in [3.8, 4) is 50.6 Å². The fraction of sp³-hybridized carbons (Fsp3) is 0. The summed E-state index contributed by atoms with van der Waals surface area (Å²) < 4.78 is 8.74. The summed E-state index contributed by atoms with van der Waals surface area (Å²) in [6.07, 6.45) is 0. The first-order valence-electron chi connectivity index (χ1n) is 15.8. The van der Waals surface area contributed by atoms with E-state index in [1.165, 1.54) is 71.2 Å². The van der Waals surface area contributed by atoms with E-state index in [1.54, 1.807) is 0 Å². The minimum atomic E-state index is 0.905. The van der Waals surface area contributed by atoms with E-state index in [1.807, 2.05) is 0 Å². The predicted molar refractivity (Wildman–Crippen MR) is 192 cm³/mol. The van der Waals surface area contributed by atoms with Crippen molar-refractivity contribution in [1.82, 2.24) is 4.57 Å². The molecule has 1 aromatic heterocycles. The minimum absolute atomic E-state index is 0.905. The van der Waals surface area contributed by atoms with Crippen LogP contribution in [0.3, 0.4) is 0 Å². The zero-order valence-electron chi connectivity index (χ0n) is 24.9. The highest BCUT2D eigenvalue weighted by molar-refractivity contribution is 6.18. The van der Waals surface area contributed by atoms with Crippen molar-refractivity contribution in [2.24, 2.45) is 0 Å². The summed E-state index contributed by atoms with van der Waals surface area (Å²) in [6.45, 7) is 0. The largest absolute Gasteiger partial charge is 0.456 e. The van der Waals surface area contributed by atoms with E-state index in [4.69, 9.17) is 4.74 Å². The Kier molecular flexibility index (Phi) is 5.31. The molecule has 1 aliphatic heterocycles. The van der Waals surface area contributed by atoms with Crippen molar-refractivity contribution in [3.63, 3.8) is 0 Å².